The van der Waals surface area contributed by atoms with Crippen molar-refractivity contribution < 1.29 is 13.6 Å². The Bertz CT molecular complexity index is 4020. The second-order valence-electron chi connectivity index (χ2n) is 22.6. The van der Waals surface area contributed by atoms with Crippen molar-refractivity contribution >= 4 is 74.6 Å². The van der Waals surface area contributed by atoms with Crippen LogP contribution < -0.4 is 36.2 Å². The second-order valence-corrected chi connectivity index (χ2v) is 22.6. The first-order valence-corrected chi connectivity index (χ1v) is 26.8. The van der Waals surface area contributed by atoms with Gasteiger partial charge >= 0.3 is 6.71 Å². The molecular formula is C70H56BN3O3. The predicted octanol–water partition coefficient (Wildman–Crippen LogP) is 16.6. The van der Waals surface area contributed by atoms with Gasteiger partial charge in [0.2, 0.25) is 0 Å². The van der Waals surface area contributed by atoms with Crippen molar-refractivity contribution in [1.29, 1.82) is 0 Å². The van der Waals surface area contributed by atoms with Gasteiger partial charge in [0.1, 0.15) is 28.9 Å². The molecule has 0 amide bonds. The number of allylic oxidation sites excluding steroid dienone is 6. The molecule has 0 saturated carbocycles. The van der Waals surface area contributed by atoms with Gasteiger partial charge in [0.15, 0.2) is 5.76 Å². The Balaban J connectivity index is 1.17. The summed E-state index contributed by atoms with van der Waals surface area (Å²) in [4.78, 5) is 7.38. The fraction of sp³-hybridized carbons (Fsp3) is 0.143. The molecule has 7 heteroatoms. The summed E-state index contributed by atoms with van der Waals surface area (Å²) in [6.07, 6.45) is 13.1. The topological polar surface area (TPSA) is 45.2 Å². The molecule has 372 valence electrons. The van der Waals surface area contributed by atoms with Crippen LogP contribution in [0.2, 0.25) is 0 Å². The van der Waals surface area contributed by atoms with Gasteiger partial charge in [-0.05, 0) is 105 Å². The molecule has 3 aliphatic heterocycles. The van der Waals surface area contributed by atoms with E-state index in [1.807, 2.05) is 12.2 Å². The highest BCUT2D eigenvalue weighted by Crippen LogP contribution is 2.56. The highest BCUT2D eigenvalue weighted by atomic mass is 16.5. The molecular weight excluding hydrogens is 942 g/mol. The Morgan fingerprint density at radius 1 is 0.519 bits per heavy atom. The van der Waals surface area contributed by atoms with Crippen LogP contribution in [0.3, 0.4) is 0 Å². The Hall–Kier alpha value is -9.12. The van der Waals surface area contributed by atoms with E-state index in [0.29, 0.717) is 5.76 Å². The van der Waals surface area contributed by atoms with Crippen LogP contribution in [0, 0.1) is 0 Å². The third kappa shape index (κ3) is 7.57. The zero-order valence-corrected chi connectivity index (χ0v) is 44.1. The van der Waals surface area contributed by atoms with Gasteiger partial charge in [0.05, 0.1) is 45.1 Å². The van der Waals surface area contributed by atoms with Gasteiger partial charge < -0.3 is 28.3 Å². The summed E-state index contributed by atoms with van der Waals surface area (Å²) in [5, 5.41) is 0. The number of ether oxygens (including phenoxy) is 1. The Kier molecular flexibility index (Phi) is 10.7. The van der Waals surface area contributed by atoms with Crippen molar-refractivity contribution in [3.63, 3.8) is 0 Å². The summed E-state index contributed by atoms with van der Waals surface area (Å²) in [5.74, 6) is 2.35. The molecule has 0 bridgehead atoms. The molecule has 0 radical (unpaired) electrons. The number of hydrogen-bond acceptors (Lipinski definition) is 6. The van der Waals surface area contributed by atoms with Gasteiger partial charge in [-0.1, -0.05) is 199 Å². The smallest absolute Gasteiger partial charge is 0.342 e. The van der Waals surface area contributed by atoms with E-state index >= 15 is 0 Å². The lowest BCUT2D eigenvalue weighted by molar-refractivity contribution is 0.228. The average molecular weight is 998 g/mol. The SMILES string of the molecule is CC(C)(C)c1ccc(N2c3cc(N4C5=CC=CCC5Oc5ccccc54)cc4c3B(c3oc(C5=C=C=CC=C5)c(-c5ccccc5)c32)c2oc(-c3ccccc3)c(-c3ccccc3)c2N4c2ccc(C(C)(C)C)cc2)cc1. The summed E-state index contributed by atoms with van der Waals surface area (Å²) in [7, 11) is 0. The van der Waals surface area contributed by atoms with E-state index in [-0.39, 0.29) is 16.9 Å². The number of benzene rings is 7. The van der Waals surface area contributed by atoms with Crippen LogP contribution in [-0.4, -0.2) is 12.8 Å². The fourth-order valence-corrected chi connectivity index (χ4v) is 12.0. The number of rotatable bonds is 7. The molecule has 1 atom stereocenters. The first kappa shape index (κ1) is 46.4. The lowest BCUT2D eigenvalue weighted by atomic mass is 9.37. The van der Waals surface area contributed by atoms with E-state index in [1.165, 1.54) is 11.1 Å². The van der Waals surface area contributed by atoms with E-state index < -0.39 is 6.71 Å². The molecule has 77 heavy (non-hydrogen) atoms. The number of furan rings is 2. The highest BCUT2D eigenvalue weighted by molar-refractivity contribution is 6.99. The van der Waals surface area contributed by atoms with Crippen LogP contribution >= 0.6 is 0 Å². The van der Waals surface area contributed by atoms with Gasteiger partial charge in [-0.3, -0.25) is 0 Å². The monoisotopic (exact) mass is 997 g/mol. The maximum Gasteiger partial charge on any atom is 0.342 e. The number of nitrogens with zero attached hydrogens (tertiary/aromatic N) is 3. The van der Waals surface area contributed by atoms with Crippen LogP contribution in [0.4, 0.5) is 45.5 Å². The van der Waals surface area contributed by atoms with Gasteiger partial charge in [0, 0.05) is 34.7 Å². The summed E-state index contributed by atoms with van der Waals surface area (Å²) >= 11 is 0. The van der Waals surface area contributed by atoms with E-state index in [1.54, 1.807) is 0 Å². The standard InChI is InChI=1S/C70H56BN3O3/c1-69(2,3)49-35-39-51(40-36-49)73-56-43-53(72-54-31-19-21-33-58(54)75-59-34-22-20-32-55(59)72)44-57-62(56)71(67-63(73)60(45-23-11-7-12-24-45)65(76-67)47-27-15-9-16-28-47)68-64(74(57)52-41-37-50(38-42-52)70(4,5)6)61(46-25-13-8-14-26-46)66(77-68)48-29-17-10-18-30-48/h7-17,19-29,31-33,35-44,59H,34H2,1-6H3. The predicted molar refractivity (Wildman–Crippen MR) is 318 cm³/mol. The maximum atomic E-state index is 7.75. The first-order valence-electron chi connectivity index (χ1n) is 26.8. The third-order valence-corrected chi connectivity index (χ3v) is 15.7. The van der Waals surface area contributed by atoms with Crippen LogP contribution in [0.25, 0.3) is 39.2 Å². The Labute approximate surface area is 451 Å². The highest BCUT2D eigenvalue weighted by Gasteiger charge is 2.52. The second kappa shape index (κ2) is 17.8. The van der Waals surface area contributed by atoms with Gasteiger partial charge in [-0.2, -0.15) is 0 Å². The Morgan fingerprint density at radius 3 is 1.58 bits per heavy atom. The lowest BCUT2D eigenvalue weighted by Crippen LogP contribution is -2.60. The van der Waals surface area contributed by atoms with E-state index in [2.05, 4.69) is 268 Å². The first-order chi connectivity index (χ1) is 37.5. The minimum atomic E-state index is -0.514. The van der Waals surface area contributed by atoms with Gasteiger partial charge in [0.25, 0.3) is 0 Å². The van der Waals surface area contributed by atoms with Gasteiger partial charge in [-0.15, -0.1) is 0 Å². The minimum absolute atomic E-state index is 0.0651. The number of anilines is 8. The molecule has 7 aromatic carbocycles. The van der Waals surface area contributed by atoms with E-state index in [0.717, 1.165) is 119 Å². The average Bonchev–Trinajstić information content (AvgIpc) is 4.29. The number of hydrogen-bond donors (Lipinski definition) is 0. The molecule has 5 heterocycles. The normalized spacial score (nSPS) is 15.8. The molecule has 6 nitrogen and oxygen atoms in total. The quantitative estimate of drug-likeness (QED) is 0.117. The molecule has 0 saturated heterocycles. The van der Waals surface area contributed by atoms with Crippen molar-refractivity contribution in [2.75, 3.05) is 14.7 Å². The van der Waals surface area contributed by atoms with Crippen molar-refractivity contribution in [3.05, 3.63) is 246 Å². The van der Waals surface area contributed by atoms with Crippen molar-refractivity contribution in [2.24, 2.45) is 0 Å². The van der Waals surface area contributed by atoms with Gasteiger partial charge in [-0.25, -0.2) is 0 Å². The molecule has 0 N–H and O–H groups in total. The summed E-state index contributed by atoms with van der Waals surface area (Å²) in [6, 6.07) is 63.6. The molecule has 5 aliphatic rings. The summed E-state index contributed by atoms with van der Waals surface area (Å²) in [5.41, 5.74) is 26.6. The molecule has 1 unspecified atom stereocenters. The molecule has 0 spiro atoms. The molecule has 9 aromatic rings. The van der Waals surface area contributed by atoms with Crippen LogP contribution in [0.5, 0.6) is 5.75 Å². The number of para-hydroxylation sites is 2. The largest absolute Gasteiger partial charge is 0.482 e. The van der Waals surface area contributed by atoms with Crippen molar-refractivity contribution in [2.45, 2.75) is 64.9 Å². The van der Waals surface area contributed by atoms with Crippen LogP contribution in [-0.2, 0) is 10.8 Å². The fourth-order valence-electron chi connectivity index (χ4n) is 12.0. The maximum absolute atomic E-state index is 7.75. The molecule has 2 aromatic heterocycles. The molecule has 2 aliphatic carbocycles. The van der Waals surface area contributed by atoms with Crippen LogP contribution in [0.15, 0.2) is 238 Å². The van der Waals surface area contributed by atoms with E-state index in [9.17, 15) is 0 Å². The zero-order chi connectivity index (χ0) is 52.2. The molecule has 0 fully saturated rings. The number of fused-ring (bicyclic) bond motifs is 6. The zero-order valence-electron chi connectivity index (χ0n) is 44.1. The minimum Gasteiger partial charge on any atom is -0.482 e. The van der Waals surface area contributed by atoms with Crippen molar-refractivity contribution in [1.82, 2.24) is 0 Å². The van der Waals surface area contributed by atoms with Crippen LogP contribution in [0.1, 0.15) is 64.9 Å². The summed E-state index contributed by atoms with van der Waals surface area (Å²) in [6.45, 7) is 13.1. The lowest BCUT2D eigenvalue weighted by Gasteiger charge is -2.44. The summed E-state index contributed by atoms with van der Waals surface area (Å²) < 4.78 is 22.3. The van der Waals surface area contributed by atoms with E-state index in [4.69, 9.17) is 13.6 Å². The third-order valence-electron chi connectivity index (χ3n) is 15.7. The Morgan fingerprint density at radius 2 is 1.04 bits per heavy atom. The van der Waals surface area contributed by atoms with Crippen molar-refractivity contribution in [3.8, 4) is 39.3 Å². The molecule has 14 rings (SSSR count).